The zero-order valence-electron chi connectivity index (χ0n) is 19.7. The van der Waals surface area contributed by atoms with E-state index in [0.717, 1.165) is 16.7 Å². The number of nitrogens with zero attached hydrogens (tertiary/aromatic N) is 1. The van der Waals surface area contributed by atoms with Crippen LogP contribution in [0.2, 0.25) is 10.0 Å². The van der Waals surface area contributed by atoms with Crippen molar-refractivity contribution in [3.8, 4) is 0 Å². The Morgan fingerprint density at radius 1 is 0.676 bits per heavy atom. The van der Waals surface area contributed by atoms with Gasteiger partial charge in [-0.05, 0) is 64.7 Å². The molecule has 0 bridgehead atoms. The van der Waals surface area contributed by atoms with E-state index in [0.29, 0.717) is 18.7 Å². The standard InChI is InChI=1S/C28H24Cl2F2N2O2S/c29-24-13-25(30)15-28(14-24)37(35,36)34(18-21-7-11-27(32)12-8-21)19-23-4-2-1-3-22(23)17-33-16-20-5-9-26(31)10-6-20/h1-15,33H,16-19H2. The summed E-state index contributed by atoms with van der Waals surface area (Å²) in [5, 5.41) is 3.74. The minimum absolute atomic E-state index is 0.0179. The Morgan fingerprint density at radius 2 is 1.22 bits per heavy atom. The molecule has 0 radical (unpaired) electrons. The molecule has 0 aliphatic heterocycles. The fraction of sp³-hybridized carbons (Fsp3) is 0.143. The van der Waals surface area contributed by atoms with Gasteiger partial charge in [0.15, 0.2) is 0 Å². The van der Waals surface area contributed by atoms with Crippen LogP contribution in [0.15, 0.2) is 95.9 Å². The topological polar surface area (TPSA) is 49.4 Å². The smallest absolute Gasteiger partial charge is 0.243 e. The maximum Gasteiger partial charge on any atom is 0.243 e. The number of hydrogen-bond donors (Lipinski definition) is 1. The van der Waals surface area contributed by atoms with E-state index in [4.69, 9.17) is 23.2 Å². The van der Waals surface area contributed by atoms with Crippen molar-refractivity contribution >= 4 is 33.2 Å². The molecule has 4 rings (SSSR count). The number of benzene rings is 4. The Hall–Kier alpha value is -2.81. The molecule has 0 heterocycles. The zero-order chi connectivity index (χ0) is 26.4. The average molecular weight is 561 g/mol. The predicted molar refractivity (Wildman–Crippen MR) is 143 cm³/mol. The maximum absolute atomic E-state index is 13.7. The molecule has 0 unspecified atom stereocenters. The Kier molecular flexibility index (Phi) is 8.95. The Balaban J connectivity index is 1.60. The SMILES string of the molecule is O=S(=O)(c1cc(Cl)cc(Cl)c1)N(Cc1ccc(F)cc1)Cc1ccccc1CNCc1ccc(F)cc1. The van der Waals surface area contributed by atoms with Gasteiger partial charge in [-0.3, -0.25) is 0 Å². The van der Waals surface area contributed by atoms with Crippen LogP contribution in [0.1, 0.15) is 22.3 Å². The lowest BCUT2D eigenvalue weighted by molar-refractivity contribution is 0.399. The summed E-state index contributed by atoms with van der Waals surface area (Å²) in [7, 11) is -4.02. The van der Waals surface area contributed by atoms with Crippen molar-refractivity contribution in [1.82, 2.24) is 9.62 Å². The number of halogens is 4. The highest BCUT2D eigenvalue weighted by atomic mass is 35.5. The highest BCUT2D eigenvalue weighted by Crippen LogP contribution is 2.27. The monoisotopic (exact) mass is 560 g/mol. The summed E-state index contributed by atoms with van der Waals surface area (Å²) < 4.78 is 55.5. The van der Waals surface area contributed by atoms with Crippen molar-refractivity contribution in [2.75, 3.05) is 0 Å². The first kappa shape index (κ1) is 27.2. The quantitative estimate of drug-likeness (QED) is 0.228. The van der Waals surface area contributed by atoms with Gasteiger partial charge in [-0.2, -0.15) is 4.31 Å². The zero-order valence-corrected chi connectivity index (χ0v) is 22.0. The highest BCUT2D eigenvalue weighted by Gasteiger charge is 2.26. The second-order valence-electron chi connectivity index (χ2n) is 8.50. The van der Waals surface area contributed by atoms with E-state index in [-0.39, 0.29) is 33.8 Å². The van der Waals surface area contributed by atoms with Gasteiger partial charge in [0.05, 0.1) is 4.90 Å². The molecular weight excluding hydrogens is 537 g/mol. The molecule has 4 aromatic carbocycles. The fourth-order valence-corrected chi connectivity index (χ4v) is 6.00. The normalized spacial score (nSPS) is 11.7. The lowest BCUT2D eigenvalue weighted by Gasteiger charge is -2.24. The van der Waals surface area contributed by atoms with Crippen molar-refractivity contribution in [3.05, 3.63) is 135 Å². The molecule has 0 saturated carbocycles. The first-order valence-corrected chi connectivity index (χ1v) is 13.6. The van der Waals surface area contributed by atoms with Crippen LogP contribution in [-0.2, 0) is 36.2 Å². The summed E-state index contributed by atoms with van der Waals surface area (Å²) in [6.07, 6.45) is 0. The number of hydrogen-bond acceptors (Lipinski definition) is 3. The van der Waals surface area contributed by atoms with Crippen LogP contribution in [0, 0.1) is 11.6 Å². The predicted octanol–water partition coefficient (Wildman–Crippen LogP) is 6.95. The molecule has 0 saturated heterocycles. The van der Waals surface area contributed by atoms with Gasteiger partial charge in [-0.1, -0.05) is 71.7 Å². The minimum Gasteiger partial charge on any atom is -0.309 e. The number of sulfonamides is 1. The van der Waals surface area contributed by atoms with Gasteiger partial charge in [-0.25, -0.2) is 17.2 Å². The van der Waals surface area contributed by atoms with Gasteiger partial charge in [-0.15, -0.1) is 0 Å². The van der Waals surface area contributed by atoms with Crippen LogP contribution in [0.4, 0.5) is 8.78 Å². The molecule has 0 spiro atoms. The lowest BCUT2D eigenvalue weighted by Crippen LogP contribution is -2.31. The lowest BCUT2D eigenvalue weighted by atomic mass is 10.1. The third-order valence-electron chi connectivity index (χ3n) is 5.77. The van der Waals surface area contributed by atoms with Gasteiger partial charge in [0.25, 0.3) is 0 Å². The molecule has 4 nitrogen and oxygen atoms in total. The molecule has 0 atom stereocenters. The summed E-state index contributed by atoms with van der Waals surface area (Å²) in [6.45, 7) is 1.08. The molecule has 0 aliphatic rings. The number of nitrogens with one attached hydrogen (secondary N) is 1. The van der Waals surface area contributed by atoms with Crippen molar-refractivity contribution in [3.63, 3.8) is 0 Å². The van der Waals surface area contributed by atoms with Crippen LogP contribution in [0.25, 0.3) is 0 Å². The van der Waals surface area contributed by atoms with Crippen LogP contribution in [0.3, 0.4) is 0 Å². The second kappa shape index (κ2) is 12.2. The molecule has 1 N–H and O–H groups in total. The summed E-state index contributed by atoms with van der Waals surface area (Å²) in [6, 6.07) is 23.6. The third kappa shape index (κ3) is 7.37. The fourth-order valence-electron chi connectivity index (χ4n) is 3.86. The van der Waals surface area contributed by atoms with Crippen LogP contribution < -0.4 is 5.32 Å². The Labute approximate surface area is 225 Å². The molecule has 0 aliphatic carbocycles. The molecule has 0 amide bonds. The first-order valence-electron chi connectivity index (χ1n) is 11.4. The van der Waals surface area contributed by atoms with Gasteiger partial charge in [0.1, 0.15) is 11.6 Å². The summed E-state index contributed by atoms with van der Waals surface area (Å²) in [4.78, 5) is -0.0287. The summed E-state index contributed by atoms with van der Waals surface area (Å²) in [5.41, 5.74) is 3.27. The summed E-state index contributed by atoms with van der Waals surface area (Å²) >= 11 is 12.2. The molecule has 192 valence electrons. The van der Waals surface area contributed by atoms with E-state index in [1.807, 2.05) is 24.3 Å². The van der Waals surface area contributed by atoms with E-state index in [1.54, 1.807) is 24.3 Å². The molecule has 9 heteroatoms. The largest absolute Gasteiger partial charge is 0.309 e. The Bertz CT molecular complexity index is 1440. The molecular formula is C28H24Cl2F2N2O2S. The second-order valence-corrected chi connectivity index (χ2v) is 11.3. The van der Waals surface area contributed by atoms with Gasteiger partial charge in [0, 0.05) is 36.2 Å². The van der Waals surface area contributed by atoms with Crippen LogP contribution in [-0.4, -0.2) is 12.7 Å². The van der Waals surface area contributed by atoms with E-state index in [1.165, 1.54) is 46.8 Å². The average Bonchev–Trinajstić information content (AvgIpc) is 2.86. The molecule has 37 heavy (non-hydrogen) atoms. The van der Waals surface area contributed by atoms with Gasteiger partial charge < -0.3 is 5.32 Å². The van der Waals surface area contributed by atoms with E-state index in [9.17, 15) is 17.2 Å². The van der Waals surface area contributed by atoms with Crippen molar-refractivity contribution < 1.29 is 17.2 Å². The van der Waals surface area contributed by atoms with E-state index in [2.05, 4.69) is 5.32 Å². The van der Waals surface area contributed by atoms with Crippen molar-refractivity contribution in [2.24, 2.45) is 0 Å². The van der Waals surface area contributed by atoms with Crippen LogP contribution >= 0.6 is 23.2 Å². The molecule has 0 aromatic heterocycles. The number of rotatable bonds is 10. The van der Waals surface area contributed by atoms with Crippen molar-refractivity contribution in [2.45, 2.75) is 31.1 Å². The third-order valence-corrected chi connectivity index (χ3v) is 7.97. The highest BCUT2D eigenvalue weighted by molar-refractivity contribution is 7.89. The van der Waals surface area contributed by atoms with Gasteiger partial charge in [0.2, 0.25) is 10.0 Å². The summed E-state index contributed by atoms with van der Waals surface area (Å²) in [5.74, 6) is -0.699. The molecule has 0 fully saturated rings. The maximum atomic E-state index is 13.7. The van der Waals surface area contributed by atoms with E-state index >= 15 is 0 Å². The Morgan fingerprint density at radius 3 is 1.81 bits per heavy atom. The van der Waals surface area contributed by atoms with Crippen molar-refractivity contribution in [1.29, 1.82) is 0 Å². The first-order chi connectivity index (χ1) is 17.7. The minimum atomic E-state index is -4.02. The van der Waals surface area contributed by atoms with E-state index < -0.39 is 15.8 Å². The van der Waals surface area contributed by atoms with Crippen LogP contribution in [0.5, 0.6) is 0 Å². The molecule has 4 aromatic rings. The van der Waals surface area contributed by atoms with Gasteiger partial charge >= 0.3 is 0 Å².